The van der Waals surface area contributed by atoms with Gasteiger partial charge in [-0.05, 0) is 33.3 Å². The quantitative estimate of drug-likeness (QED) is 0.705. The number of hydrogen-bond acceptors (Lipinski definition) is 3. The second-order valence-electron chi connectivity index (χ2n) is 4.07. The van der Waals surface area contributed by atoms with Crippen LogP contribution in [0.1, 0.15) is 6.42 Å². The molecule has 1 rings (SSSR count). The van der Waals surface area contributed by atoms with Crippen molar-refractivity contribution >= 4 is 11.8 Å². The summed E-state index contributed by atoms with van der Waals surface area (Å²) in [4.78, 5) is 2.31. The Balaban J connectivity index is 2.46. The van der Waals surface area contributed by atoms with Gasteiger partial charge in [0, 0.05) is 24.3 Å². The van der Waals surface area contributed by atoms with Crippen LogP contribution in [-0.4, -0.2) is 50.6 Å². The maximum Gasteiger partial charge on any atom is 0.00530 e. The van der Waals surface area contributed by atoms with Gasteiger partial charge in [0.1, 0.15) is 0 Å². The van der Waals surface area contributed by atoms with E-state index in [2.05, 4.69) is 43.1 Å². The SMILES string of the molecule is CNCC1(CN(C)C)CCSC1. The highest BCUT2D eigenvalue weighted by atomic mass is 32.2. The van der Waals surface area contributed by atoms with E-state index in [9.17, 15) is 0 Å². The predicted molar refractivity (Wildman–Crippen MR) is 56.9 cm³/mol. The van der Waals surface area contributed by atoms with Crippen LogP contribution in [-0.2, 0) is 0 Å². The van der Waals surface area contributed by atoms with Crippen molar-refractivity contribution in [2.75, 3.05) is 45.7 Å². The Hall–Kier alpha value is 0.270. The normalized spacial score (nSPS) is 30.0. The average Bonchev–Trinajstić information content (AvgIpc) is 2.36. The average molecular weight is 188 g/mol. The summed E-state index contributed by atoms with van der Waals surface area (Å²) in [5.41, 5.74) is 0.545. The van der Waals surface area contributed by atoms with Crippen LogP contribution in [0, 0.1) is 5.41 Å². The third-order valence-corrected chi connectivity index (χ3v) is 3.70. The number of nitrogens with one attached hydrogen (secondary N) is 1. The van der Waals surface area contributed by atoms with Crippen molar-refractivity contribution in [3.05, 3.63) is 0 Å². The molecule has 0 aromatic carbocycles. The van der Waals surface area contributed by atoms with Gasteiger partial charge in [0.15, 0.2) is 0 Å². The van der Waals surface area contributed by atoms with Gasteiger partial charge in [-0.3, -0.25) is 0 Å². The first-order chi connectivity index (χ1) is 5.68. The molecule has 2 nitrogen and oxygen atoms in total. The van der Waals surface area contributed by atoms with Gasteiger partial charge in [-0.15, -0.1) is 0 Å². The van der Waals surface area contributed by atoms with Gasteiger partial charge in [-0.2, -0.15) is 11.8 Å². The summed E-state index contributed by atoms with van der Waals surface area (Å²) in [5, 5.41) is 3.32. The zero-order valence-electron chi connectivity index (χ0n) is 8.39. The smallest absolute Gasteiger partial charge is 0.00530 e. The van der Waals surface area contributed by atoms with Crippen LogP contribution < -0.4 is 5.32 Å². The van der Waals surface area contributed by atoms with Gasteiger partial charge in [0.05, 0.1) is 0 Å². The van der Waals surface area contributed by atoms with Crippen LogP contribution in [0.25, 0.3) is 0 Å². The van der Waals surface area contributed by atoms with E-state index in [0.717, 1.165) is 6.54 Å². The number of thioether (sulfide) groups is 1. The summed E-state index contributed by atoms with van der Waals surface area (Å²) in [6.07, 6.45) is 1.37. The molecule has 1 unspecified atom stereocenters. The zero-order valence-corrected chi connectivity index (χ0v) is 9.21. The van der Waals surface area contributed by atoms with Gasteiger partial charge in [-0.25, -0.2) is 0 Å². The third kappa shape index (κ3) is 2.64. The molecular weight excluding hydrogens is 168 g/mol. The van der Waals surface area contributed by atoms with Crippen molar-refractivity contribution in [2.24, 2.45) is 5.41 Å². The van der Waals surface area contributed by atoms with Gasteiger partial charge < -0.3 is 10.2 Å². The minimum Gasteiger partial charge on any atom is -0.319 e. The van der Waals surface area contributed by atoms with E-state index in [4.69, 9.17) is 0 Å². The molecule has 0 aromatic rings. The Morgan fingerprint density at radius 2 is 2.25 bits per heavy atom. The fourth-order valence-corrected chi connectivity index (χ4v) is 3.51. The first kappa shape index (κ1) is 10.4. The number of nitrogens with zero attached hydrogens (tertiary/aromatic N) is 1. The minimum atomic E-state index is 0.545. The van der Waals surface area contributed by atoms with Crippen LogP contribution in [0.4, 0.5) is 0 Å². The molecule has 0 bridgehead atoms. The molecule has 72 valence electrons. The molecule has 0 aliphatic carbocycles. The van der Waals surface area contributed by atoms with Crippen LogP contribution in [0.5, 0.6) is 0 Å². The molecule has 1 atom stereocenters. The van der Waals surface area contributed by atoms with Crippen molar-refractivity contribution in [1.29, 1.82) is 0 Å². The van der Waals surface area contributed by atoms with Crippen LogP contribution in [0.3, 0.4) is 0 Å². The number of rotatable bonds is 4. The van der Waals surface area contributed by atoms with Crippen LogP contribution >= 0.6 is 11.8 Å². The van der Waals surface area contributed by atoms with E-state index < -0.39 is 0 Å². The molecule has 0 spiro atoms. The predicted octanol–water partition coefficient (Wildman–Crippen LogP) is 0.891. The Kier molecular flexibility index (Phi) is 3.87. The highest BCUT2D eigenvalue weighted by Gasteiger charge is 2.33. The zero-order chi connectivity index (χ0) is 9.03. The molecule has 1 aliphatic rings. The topological polar surface area (TPSA) is 15.3 Å². The first-order valence-corrected chi connectivity index (χ1v) is 5.71. The fourth-order valence-electron chi connectivity index (χ4n) is 2.02. The lowest BCUT2D eigenvalue weighted by atomic mass is 9.87. The van der Waals surface area contributed by atoms with E-state index >= 15 is 0 Å². The molecule has 3 heteroatoms. The lowest BCUT2D eigenvalue weighted by Crippen LogP contribution is -2.41. The second-order valence-corrected chi connectivity index (χ2v) is 5.18. The van der Waals surface area contributed by atoms with Gasteiger partial charge in [-0.1, -0.05) is 0 Å². The summed E-state index contributed by atoms with van der Waals surface area (Å²) in [7, 11) is 6.39. The van der Waals surface area contributed by atoms with E-state index in [1.165, 1.54) is 24.5 Å². The minimum absolute atomic E-state index is 0.545. The third-order valence-electron chi connectivity index (χ3n) is 2.39. The van der Waals surface area contributed by atoms with Crippen LogP contribution in [0.15, 0.2) is 0 Å². The molecule has 1 heterocycles. The monoisotopic (exact) mass is 188 g/mol. The standard InChI is InChI=1S/C9H20N2S/c1-10-6-9(7-11(2)3)4-5-12-8-9/h10H,4-8H2,1-3H3. The molecule has 0 radical (unpaired) electrons. The lowest BCUT2D eigenvalue weighted by Gasteiger charge is -2.31. The first-order valence-electron chi connectivity index (χ1n) is 4.56. The molecule has 0 amide bonds. The summed E-state index contributed by atoms with van der Waals surface area (Å²) in [5.74, 6) is 2.67. The Morgan fingerprint density at radius 1 is 1.50 bits per heavy atom. The van der Waals surface area contributed by atoms with E-state index in [1.807, 2.05) is 0 Å². The van der Waals surface area contributed by atoms with Crippen LogP contribution in [0.2, 0.25) is 0 Å². The highest BCUT2D eigenvalue weighted by molar-refractivity contribution is 7.99. The van der Waals surface area contributed by atoms with E-state index in [0.29, 0.717) is 5.41 Å². The molecule has 12 heavy (non-hydrogen) atoms. The maximum atomic E-state index is 3.32. The highest BCUT2D eigenvalue weighted by Crippen LogP contribution is 2.35. The van der Waals surface area contributed by atoms with Crippen molar-refractivity contribution in [1.82, 2.24) is 10.2 Å². The molecule has 0 saturated carbocycles. The molecule has 1 N–H and O–H groups in total. The van der Waals surface area contributed by atoms with Crippen molar-refractivity contribution < 1.29 is 0 Å². The molecule has 1 saturated heterocycles. The van der Waals surface area contributed by atoms with Gasteiger partial charge in [0.25, 0.3) is 0 Å². The Morgan fingerprint density at radius 3 is 2.67 bits per heavy atom. The largest absolute Gasteiger partial charge is 0.319 e. The molecule has 0 aromatic heterocycles. The maximum absolute atomic E-state index is 3.32. The summed E-state index contributed by atoms with van der Waals surface area (Å²) in [6.45, 7) is 2.39. The van der Waals surface area contributed by atoms with E-state index in [-0.39, 0.29) is 0 Å². The van der Waals surface area contributed by atoms with E-state index in [1.54, 1.807) is 0 Å². The molecule has 1 aliphatic heterocycles. The molecule has 1 fully saturated rings. The molecular formula is C9H20N2S. The van der Waals surface area contributed by atoms with Gasteiger partial charge >= 0.3 is 0 Å². The summed E-state index contributed by atoms with van der Waals surface area (Å²) >= 11 is 2.10. The Labute approximate surface area is 80.1 Å². The lowest BCUT2D eigenvalue weighted by molar-refractivity contribution is 0.222. The number of hydrogen-bond donors (Lipinski definition) is 1. The fraction of sp³-hybridized carbons (Fsp3) is 1.00. The van der Waals surface area contributed by atoms with Gasteiger partial charge in [0.2, 0.25) is 0 Å². The van der Waals surface area contributed by atoms with Crippen molar-refractivity contribution in [3.8, 4) is 0 Å². The van der Waals surface area contributed by atoms with Crippen molar-refractivity contribution in [2.45, 2.75) is 6.42 Å². The second kappa shape index (κ2) is 4.49. The summed E-state index contributed by atoms with van der Waals surface area (Å²) < 4.78 is 0. The summed E-state index contributed by atoms with van der Waals surface area (Å²) in [6, 6.07) is 0. The van der Waals surface area contributed by atoms with Crippen molar-refractivity contribution in [3.63, 3.8) is 0 Å². The Bertz CT molecular complexity index is 130.